The number of hydrogen-bond acceptors (Lipinski definition) is 5. The molecule has 0 unspecified atom stereocenters. The minimum atomic E-state index is -1.51. The maximum absolute atomic E-state index is 11.7. The number of carbonyl (C=O) groups is 5. The van der Waals surface area contributed by atoms with Crippen molar-refractivity contribution in [3.63, 3.8) is 0 Å². The number of rotatable bonds is 4. The number of carboxylic acids is 1. The summed E-state index contributed by atoms with van der Waals surface area (Å²) >= 11 is 0. The second-order valence-corrected chi connectivity index (χ2v) is 3.84. The summed E-state index contributed by atoms with van der Waals surface area (Å²) in [5.41, 5.74) is 4.84. The molecule has 0 aromatic carbocycles. The molecule has 1 aliphatic rings. The minimum absolute atomic E-state index is 0.375. The number of carbonyl (C=O) groups excluding carboxylic acids is 4. The van der Waals surface area contributed by atoms with Crippen LogP contribution in [0.1, 0.15) is 6.42 Å². The van der Waals surface area contributed by atoms with Gasteiger partial charge in [-0.05, 0) is 0 Å². The fourth-order valence-electron chi connectivity index (χ4n) is 1.42. The van der Waals surface area contributed by atoms with Gasteiger partial charge in [-0.3, -0.25) is 19.7 Å². The molecule has 1 heterocycles. The van der Waals surface area contributed by atoms with Crippen LogP contribution in [0, 0.1) is 0 Å². The normalized spacial score (nSPS) is 16.5. The van der Waals surface area contributed by atoms with Crippen molar-refractivity contribution in [2.75, 3.05) is 13.1 Å². The summed E-state index contributed by atoms with van der Waals surface area (Å²) in [6, 6.07) is -2.44. The second kappa shape index (κ2) is 5.80. The van der Waals surface area contributed by atoms with E-state index in [4.69, 9.17) is 10.8 Å². The Morgan fingerprint density at radius 2 is 1.84 bits per heavy atom. The van der Waals surface area contributed by atoms with Crippen LogP contribution in [-0.4, -0.2) is 58.9 Å². The molecule has 5 N–H and O–H groups in total. The number of urea groups is 1. The van der Waals surface area contributed by atoms with Gasteiger partial charge >= 0.3 is 12.0 Å². The number of piperazine rings is 1. The second-order valence-electron chi connectivity index (χ2n) is 3.84. The average Bonchev–Trinajstić information content (AvgIpc) is 2.25. The van der Waals surface area contributed by atoms with Gasteiger partial charge in [0.25, 0.3) is 0 Å². The van der Waals surface area contributed by atoms with Gasteiger partial charge in [-0.25, -0.2) is 9.59 Å². The van der Waals surface area contributed by atoms with Crippen molar-refractivity contribution < 1.29 is 29.1 Å². The highest BCUT2D eigenvalue weighted by molar-refractivity contribution is 6.02. The summed E-state index contributed by atoms with van der Waals surface area (Å²) in [5.74, 6) is -3.69. The fraction of sp³-hybridized carbons (Fsp3) is 0.444. The lowest BCUT2D eigenvalue weighted by atomic mass is 10.2. The largest absolute Gasteiger partial charge is 0.480 e. The molecule has 1 aliphatic heterocycles. The molecule has 1 saturated heterocycles. The van der Waals surface area contributed by atoms with Gasteiger partial charge in [-0.2, -0.15) is 0 Å². The molecule has 5 amide bonds. The molecule has 0 radical (unpaired) electrons. The highest BCUT2D eigenvalue weighted by Crippen LogP contribution is 1.99. The Morgan fingerprint density at radius 3 is 2.26 bits per heavy atom. The number of nitrogens with one attached hydrogen (secondary N) is 2. The first-order valence-corrected chi connectivity index (χ1v) is 5.19. The summed E-state index contributed by atoms with van der Waals surface area (Å²) in [4.78, 5) is 56.0. The van der Waals surface area contributed by atoms with Gasteiger partial charge in [0.05, 0.1) is 6.42 Å². The Morgan fingerprint density at radius 1 is 1.32 bits per heavy atom. The molecule has 1 atom stereocenters. The molecule has 0 spiro atoms. The minimum Gasteiger partial charge on any atom is -0.480 e. The van der Waals surface area contributed by atoms with E-state index in [1.54, 1.807) is 0 Å². The first kappa shape index (κ1) is 14.4. The van der Waals surface area contributed by atoms with Gasteiger partial charge in [-0.15, -0.1) is 0 Å². The highest BCUT2D eigenvalue weighted by atomic mass is 16.4. The zero-order valence-corrected chi connectivity index (χ0v) is 9.71. The van der Waals surface area contributed by atoms with E-state index in [0.717, 1.165) is 4.90 Å². The number of primary amides is 1. The number of amides is 5. The molecule has 0 aliphatic carbocycles. The standard InChI is InChI=1S/C9H12N4O6/c10-5(14)1-4(8(17)18)11-9(19)13-2-6(15)12-7(16)3-13/h4H,1-3H2,(H2,10,14)(H,11,19)(H,17,18)(H,12,15,16)/t4-/m0/s1. The van der Waals surface area contributed by atoms with Crippen molar-refractivity contribution in [1.29, 1.82) is 0 Å². The van der Waals surface area contributed by atoms with Gasteiger partial charge in [0, 0.05) is 0 Å². The molecule has 1 rings (SSSR count). The van der Waals surface area contributed by atoms with Crippen LogP contribution in [0.3, 0.4) is 0 Å². The summed E-state index contributed by atoms with van der Waals surface area (Å²) in [5, 5.41) is 12.8. The van der Waals surface area contributed by atoms with Crippen LogP contribution in [-0.2, 0) is 19.2 Å². The molecule has 0 bridgehead atoms. The predicted octanol–water partition coefficient (Wildman–Crippen LogP) is -3.02. The number of aliphatic carboxylic acids is 1. The molecule has 10 nitrogen and oxygen atoms in total. The molecular formula is C9H12N4O6. The molecule has 0 aromatic heterocycles. The van der Waals surface area contributed by atoms with E-state index in [2.05, 4.69) is 0 Å². The number of carboxylic acid groups (broad SMARTS) is 1. The van der Waals surface area contributed by atoms with Gasteiger partial charge in [0.2, 0.25) is 17.7 Å². The smallest absolute Gasteiger partial charge is 0.326 e. The molecule has 1 fully saturated rings. The van der Waals surface area contributed by atoms with E-state index >= 15 is 0 Å². The van der Waals surface area contributed by atoms with E-state index in [1.165, 1.54) is 0 Å². The van der Waals surface area contributed by atoms with Crippen LogP contribution in [0.5, 0.6) is 0 Å². The third-order valence-electron chi connectivity index (χ3n) is 2.24. The van der Waals surface area contributed by atoms with Crippen LogP contribution in [0.4, 0.5) is 4.79 Å². The third kappa shape index (κ3) is 4.26. The van der Waals surface area contributed by atoms with E-state index in [0.29, 0.717) is 0 Å². The monoisotopic (exact) mass is 272 g/mol. The summed E-state index contributed by atoms with van der Waals surface area (Å²) in [6.45, 7) is -0.749. The quantitative estimate of drug-likeness (QED) is 0.399. The third-order valence-corrected chi connectivity index (χ3v) is 2.24. The van der Waals surface area contributed by atoms with Crippen molar-refractivity contribution in [3.8, 4) is 0 Å². The Labute approximate surface area is 106 Å². The number of hydrogen-bond donors (Lipinski definition) is 4. The lowest BCUT2D eigenvalue weighted by molar-refractivity contribution is -0.140. The van der Waals surface area contributed by atoms with Gasteiger partial charge in [-0.1, -0.05) is 0 Å². The lowest BCUT2D eigenvalue weighted by Crippen LogP contribution is -2.58. The topological polar surface area (TPSA) is 159 Å². The van der Waals surface area contributed by atoms with Crippen molar-refractivity contribution >= 4 is 29.7 Å². The molecule has 10 heteroatoms. The van der Waals surface area contributed by atoms with E-state index in [9.17, 15) is 24.0 Å². The van der Waals surface area contributed by atoms with Gasteiger partial charge in [0.15, 0.2) is 0 Å². The van der Waals surface area contributed by atoms with Crippen molar-refractivity contribution in [3.05, 3.63) is 0 Å². The fourth-order valence-corrected chi connectivity index (χ4v) is 1.42. The zero-order valence-electron chi connectivity index (χ0n) is 9.71. The molecule has 19 heavy (non-hydrogen) atoms. The van der Waals surface area contributed by atoms with Crippen molar-refractivity contribution in [2.45, 2.75) is 12.5 Å². The van der Waals surface area contributed by atoms with Gasteiger partial charge < -0.3 is 21.1 Å². The number of imide groups is 1. The first-order chi connectivity index (χ1) is 8.79. The van der Waals surface area contributed by atoms with E-state index in [1.807, 2.05) is 10.6 Å². The molecule has 0 aromatic rings. The summed E-state index contributed by atoms with van der Waals surface area (Å²) in [6.07, 6.45) is -0.588. The van der Waals surface area contributed by atoms with Crippen LogP contribution in [0.2, 0.25) is 0 Å². The Bertz CT molecular complexity index is 432. The maximum Gasteiger partial charge on any atom is 0.326 e. The SMILES string of the molecule is NC(=O)C[C@H](NC(=O)N1CC(=O)NC(=O)C1)C(=O)O. The van der Waals surface area contributed by atoms with E-state index in [-0.39, 0.29) is 13.1 Å². The van der Waals surface area contributed by atoms with Crippen molar-refractivity contribution in [2.24, 2.45) is 5.73 Å². The van der Waals surface area contributed by atoms with Gasteiger partial charge in [0.1, 0.15) is 19.1 Å². The van der Waals surface area contributed by atoms with Crippen LogP contribution < -0.4 is 16.4 Å². The molecule has 0 saturated carbocycles. The zero-order chi connectivity index (χ0) is 14.6. The Balaban J connectivity index is 2.66. The average molecular weight is 272 g/mol. The first-order valence-electron chi connectivity index (χ1n) is 5.19. The van der Waals surface area contributed by atoms with Crippen LogP contribution in [0.15, 0.2) is 0 Å². The van der Waals surface area contributed by atoms with Crippen molar-refractivity contribution in [1.82, 2.24) is 15.5 Å². The van der Waals surface area contributed by atoms with Crippen LogP contribution in [0.25, 0.3) is 0 Å². The maximum atomic E-state index is 11.7. The molecule has 104 valence electrons. The summed E-state index contributed by atoms with van der Waals surface area (Å²) in [7, 11) is 0. The summed E-state index contributed by atoms with van der Waals surface area (Å²) < 4.78 is 0. The predicted molar refractivity (Wildman–Crippen MR) is 58.5 cm³/mol. The van der Waals surface area contributed by atoms with Crippen LogP contribution >= 0.6 is 0 Å². The highest BCUT2D eigenvalue weighted by Gasteiger charge is 2.29. The Hall–Kier alpha value is -2.65. The number of nitrogens with zero attached hydrogens (tertiary/aromatic N) is 1. The molecular weight excluding hydrogens is 260 g/mol. The lowest BCUT2D eigenvalue weighted by Gasteiger charge is -2.26. The van der Waals surface area contributed by atoms with E-state index < -0.39 is 42.2 Å². The Kier molecular flexibility index (Phi) is 4.40. The number of nitrogens with two attached hydrogens (primary N) is 1.